The molecule has 0 saturated carbocycles. The molecule has 152 valence electrons. The maximum absolute atomic E-state index is 12.3. The topological polar surface area (TPSA) is 63.0 Å². The fourth-order valence-corrected chi connectivity index (χ4v) is 3.80. The molecule has 0 radical (unpaired) electrons. The van der Waals surface area contributed by atoms with E-state index >= 15 is 0 Å². The molecule has 3 aromatic rings. The van der Waals surface area contributed by atoms with Gasteiger partial charge in [0.25, 0.3) is 0 Å². The SMILES string of the molecule is COc1cccc(-c2ccc3nc(C4CCN(C(=O)CN(C)C)CC4)nn3c2)c1. The zero-order valence-corrected chi connectivity index (χ0v) is 17.2. The van der Waals surface area contributed by atoms with Gasteiger partial charge in [0, 0.05) is 30.8 Å². The second-order valence-electron chi connectivity index (χ2n) is 7.82. The van der Waals surface area contributed by atoms with E-state index in [1.54, 1.807) is 7.11 Å². The number of carbonyl (C=O) groups is 1. The Labute approximate surface area is 170 Å². The van der Waals surface area contributed by atoms with E-state index in [2.05, 4.69) is 12.1 Å². The van der Waals surface area contributed by atoms with Crippen LogP contribution in [0.5, 0.6) is 5.75 Å². The van der Waals surface area contributed by atoms with E-state index in [1.807, 2.05) is 58.9 Å². The van der Waals surface area contributed by atoms with Crippen molar-refractivity contribution in [2.24, 2.45) is 0 Å². The predicted molar refractivity (Wildman–Crippen MR) is 112 cm³/mol. The number of likely N-dealkylation sites (tertiary alicyclic amines) is 1. The molecule has 1 aliphatic heterocycles. The van der Waals surface area contributed by atoms with Crippen LogP contribution in [0.1, 0.15) is 24.6 Å². The number of hydrogen-bond acceptors (Lipinski definition) is 5. The van der Waals surface area contributed by atoms with Gasteiger partial charge in [-0.05, 0) is 56.8 Å². The summed E-state index contributed by atoms with van der Waals surface area (Å²) in [5, 5.41) is 4.75. The Morgan fingerprint density at radius 3 is 2.69 bits per heavy atom. The van der Waals surface area contributed by atoms with Gasteiger partial charge < -0.3 is 14.5 Å². The van der Waals surface area contributed by atoms with Crippen LogP contribution in [0.4, 0.5) is 0 Å². The summed E-state index contributed by atoms with van der Waals surface area (Å²) < 4.78 is 7.18. The molecule has 1 fully saturated rings. The van der Waals surface area contributed by atoms with Gasteiger partial charge in [-0.1, -0.05) is 12.1 Å². The van der Waals surface area contributed by atoms with Crippen molar-refractivity contribution >= 4 is 11.6 Å². The number of hydrogen-bond donors (Lipinski definition) is 0. The van der Waals surface area contributed by atoms with Crippen LogP contribution in [0, 0.1) is 0 Å². The van der Waals surface area contributed by atoms with Crippen molar-refractivity contribution in [2.75, 3.05) is 40.8 Å². The molecule has 7 nitrogen and oxygen atoms in total. The Morgan fingerprint density at radius 2 is 1.97 bits per heavy atom. The Balaban J connectivity index is 1.49. The highest BCUT2D eigenvalue weighted by atomic mass is 16.5. The summed E-state index contributed by atoms with van der Waals surface area (Å²) >= 11 is 0. The summed E-state index contributed by atoms with van der Waals surface area (Å²) in [5.41, 5.74) is 2.99. The first-order valence-corrected chi connectivity index (χ1v) is 9.97. The number of aromatic nitrogens is 3. The molecule has 0 aliphatic carbocycles. The van der Waals surface area contributed by atoms with Crippen LogP contribution in [0.15, 0.2) is 42.6 Å². The molecule has 0 atom stereocenters. The lowest BCUT2D eigenvalue weighted by Gasteiger charge is -2.31. The fraction of sp³-hybridized carbons (Fsp3) is 0.409. The van der Waals surface area contributed by atoms with Crippen molar-refractivity contribution in [3.05, 3.63) is 48.4 Å². The van der Waals surface area contributed by atoms with E-state index in [-0.39, 0.29) is 5.91 Å². The number of pyridine rings is 1. The summed E-state index contributed by atoms with van der Waals surface area (Å²) in [7, 11) is 5.52. The van der Waals surface area contributed by atoms with Crippen molar-refractivity contribution < 1.29 is 9.53 Å². The number of piperidine rings is 1. The molecule has 1 amide bonds. The van der Waals surface area contributed by atoms with Crippen LogP contribution < -0.4 is 4.74 Å². The van der Waals surface area contributed by atoms with Crippen molar-refractivity contribution in [2.45, 2.75) is 18.8 Å². The normalized spacial score (nSPS) is 15.2. The van der Waals surface area contributed by atoms with Crippen LogP contribution in [0.2, 0.25) is 0 Å². The van der Waals surface area contributed by atoms with Gasteiger partial charge in [-0.2, -0.15) is 5.10 Å². The number of fused-ring (bicyclic) bond motifs is 1. The number of methoxy groups -OCH3 is 1. The molecular weight excluding hydrogens is 366 g/mol. The highest BCUT2D eigenvalue weighted by Crippen LogP contribution is 2.28. The van der Waals surface area contributed by atoms with E-state index in [4.69, 9.17) is 14.8 Å². The number of likely N-dealkylation sites (N-methyl/N-ethyl adjacent to an activating group) is 1. The van der Waals surface area contributed by atoms with Gasteiger partial charge in [0.15, 0.2) is 11.5 Å². The summed E-state index contributed by atoms with van der Waals surface area (Å²) in [4.78, 5) is 20.9. The third-order valence-corrected chi connectivity index (χ3v) is 5.41. The van der Waals surface area contributed by atoms with E-state index in [0.29, 0.717) is 12.5 Å². The fourth-order valence-electron chi connectivity index (χ4n) is 3.80. The minimum atomic E-state index is 0.194. The summed E-state index contributed by atoms with van der Waals surface area (Å²) in [6.07, 6.45) is 3.81. The van der Waals surface area contributed by atoms with E-state index in [9.17, 15) is 4.79 Å². The molecule has 2 aromatic heterocycles. The molecule has 29 heavy (non-hydrogen) atoms. The van der Waals surface area contributed by atoms with Gasteiger partial charge in [0.1, 0.15) is 5.75 Å². The van der Waals surface area contributed by atoms with Crippen LogP contribution >= 0.6 is 0 Å². The van der Waals surface area contributed by atoms with Gasteiger partial charge >= 0.3 is 0 Å². The lowest BCUT2D eigenvalue weighted by Crippen LogP contribution is -2.42. The largest absolute Gasteiger partial charge is 0.497 e. The number of carbonyl (C=O) groups excluding carboxylic acids is 1. The van der Waals surface area contributed by atoms with Crippen LogP contribution in [-0.4, -0.2) is 71.1 Å². The smallest absolute Gasteiger partial charge is 0.236 e. The first kappa shape index (κ1) is 19.4. The zero-order chi connectivity index (χ0) is 20.4. The molecule has 0 bridgehead atoms. The molecule has 3 heterocycles. The Morgan fingerprint density at radius 1 is 1.17 bits per heavy atom. The number of nitrogens with zero attached hydrogens (tertiary/aromatic N) is 5. The summed E-state index contributed by atoms with van der Waals surface area (Å²) in [6, 6.07) is 12.1. The molecule has 1 aromatic carbocycles. The van der Waals surface area contributed by atoms with Gasteiger partial charge in [-0.15, -0.1) is 0 Å². The van der Waals surface area contributed by atoms with Crippen LogP contribution in [0.25, 0.3) is 16.8 Å². The third-order valence-electron chi connectivity index (χ3n) is 5.41. The van der Waals surface area contributed by atoms with E-state index < -0.39 is 0 Å². The van der Waals surface area contributed by atoms with Crippen molar-refractivity contribution in [1.82, 2.24) is 24.4 Å². The minimum Gasteiger partial charge on any atom is -0.497 e. The van der Waals surface area contributed by atoms with E-state index in [1.165, 1.54) is 0 Å². The molecular formula is C22H27N5O2. The number of rotatable bonds is 5. The Hall–Kier alpha value is -2.93. The Kier molecular flexibility index (Phi) is 5.49. The minimum absolute atomic E-state index is 0.194. The van der Waals surface area contributed by atoms with Crippen molar-refractivity contribution in [3.8, 4) is 16.9 Å². The lowest BCUT2D eigenvalue weighted by molar-refractivity contribution is -0.132. The first-order chi connectivity index (χ1) is 14.0. The molecule has 0 unspecified atom stereocenters. The number of ether oxygens (including phenoxy) is 1. The molecule has 0 N–H and O–H groups in total. The highest BCUT2D eigenvalue weighted by molar-refractivity contribution is 5.78. The molecule has 4 rings (SSSR count). The maximum Gasteiger partial charge on any atom is 0.236 e. The predicted octanol–water partition coefficient (Wildman–Crippen LogP) is 2.67. The second-order valence-corrected chi connectivity index (χ2v) is 7.82. The number of amides is 1. The zero-order valence-electron chi connectivity index (χ0n) is 17.2. The molecule has 1 aliphatic rings. The van der Waals surface area contributed by atoms with Crippen molar-refractivity contribution in [3.63, 3.8) is 0 Å². The van der Waals surface area contributed by atoms with Gasteiger partial charge in [0.05, 0.1) is 13.7 Å². The summed E-state index contributed by atoms with van der Waals surface area (Å²) in [6.45, 7) is 1.99. The number of benzene rings is 1. The maximum atomic E-state index is 12.3. The summed E-state index contributed by atoms with van der Waals surface area (Å²) in [5.74, 6) is 2.18. The third kappa shape index (κ3) is 4.24. The molecule has 7 heteroatoms. The second kappa shape index (κ2) is 8.21. The average Bonchev–Trinajstić information content (AvgIpc) is 3.17. The standard InChI is InChI=1S/C22H27N5O2/c1-25(2)15-21(28)26-11-9-16(10-12-26)22-23-20-8-7-18(14-27(20)24-22)17-5-4-6-19(13-17)29-3/h4-8,13-14,16H,9-12,15H2,1-3H3. The highest BCUT2D eigenvalue weighted by Gasteiger charge is 2.26. The quantitative estimate of drug-likeness (QED) is 0.667. The van der Waals surface area contributed by atoms with Crippen LogP contribution in [0.3, 0.4) is 0 Å². The monoisotopic (exact) mass is 393 g/mol. The van der Waals surface area contributed by atoms with Gasteiger partial charge in [-0.25, -0.2) is 9.50 Å². The lowest BCUT2D eigenvalue weighted by atomic mass is 9.96. The first-order valence-electron chi connectivity index (χ1n) is 9.97. The van der Waals surface area contributed by atoms with Gasteiger partial charge in [0.2, 0.25) is 5.91 Å². The molecule has 1 saturated heterocycles. The van der Waals surface area contributed by atoms with Crippen molar-refractivity contribution in [1.29, 1.82) is 0 Å². The average molecular weight is 393 g/mol. The van der Waals surface area contributed by atoms with Gasteiger partial charge in [-0.3, -0.25) is 4.79 Å². The van der Waals surface area contributed by atoms with Crippen LogP contribution in [-0.2, 0) is 4.79 Å². The Bertz CT molecular complexity index is 1010. The molecule has 0 spiro atoms. The van der Waals surface area contributed by atoms with E-state index in [0.717, 1.165) is 54.3 Å².